The average molecular weight is 507 g/mol. The fraction of sp³-hybridized carbons (Fsp3) is 0.333. The number of halogens is 1. The van der Waals surface area contributed by atoms with Crippen molar-refractivity contribution in [3.05, 3.63) is 101 Å². The summed E-state index contributed by atoms with van der Waals surface area (Å²) in [5.41, 5.74) is 2.60. The van der Waals surface area contributed by atoms with Crippen molar-refractivity contribution in [1.82, 2.24) is 10.2 Å². The number of hydrogen-bond acceptors (Lipinski definition) is 3. The summed E-state index contributed by atoms with van der Waals surface area (Å²) >= 11 is 6.45. The molecule has 5 nitrogen and oxygen atoms in total. The van der Waals surface area contributed by atoms with Crippen molar-refractivity contribution in [3.8, 4) is 5.75 Å². The summed E-state index contributed by atoms with van der Waals surface area (Å²) in [6.45, 7) is 8.64. The van der Waals surface area contributed by atoms with Crippen LogP contribution in [0, 0.1) is 0 Å². The third kappa shape index (κ3) is 7.34. The second kappa shape index (κ2) is 12.6. The lowest BCUT2D eigenvalue weighted by Crippen LogP contribution is -2.51. The lowest BCUT2D eigenvalue weighted by Gasteiger charge is -2.32. The van der Waals surface area contributed by atoms with Crippen molar-refractivity contribution < 1.29 is 14.3 Å². The molecule has 0 spiro atoms. The Kier molecular flexibility index (Phi) is 9.54. The van der Waals surface area contributed by atoms with Crippen LogP contribution < -0.4 is 10.1 Å². The monoisotopic (exact) mass is 506 g/mol. The molecule has 0 saturated carbocycles. The van der Waals surface area contributed by atoms with Gasteiger partial charge < -0.3 is 15.0 Å². The summed E-state index contributed by atoms with van der Waals surface area (Å²) in [5, 5.41) is 3.44. The molecule has 3 aromatic rings. The van der Waals surface area contributed by atoms with Gasteiger partial charge in [0.05, 0.1) is 0 Å². The molecule has 6 heteroatoms. The van der Waals surface area contributed by atoms with E-state index in [1.165, 1.54) is 0 Å². The highest BCUT2D eigenvalue weighted by Crippen LogP contribution is 2.31. The number of nitrogens with one attached hydrogen (secondary N) is 1. The number of amides is 2. The van der Waals surface area contributed by atoms with Gasteiger partial charge in [-0.25, -0.2) is 0 Å². The number of rotatable bonds is 10. The molecule has 3 rings (SSSR count). The first kappa shape index (κ1) is 27.3. The zero-order chi connectivity index (χ0) is 26.1. The summed E-state index contributed by atoms with van der Waals surface area (Å²) in [6.07, 6.45) is 0.376. The van der Waals surface area contributed by atoms with E-state index >= 15 is 0 Å². The number of para-hydroxylation sites is 1. The zero-order valence-electron chi connectivity index (χ0n) is 21.5. The van der Waals surface area contributed by atoms with Crippen molar-refractivity contribution in [3.63, 3.8) is 0 Å². The molecule has 1 N–H and O–H groups in total. The lowest BCUT2D eigenvalue weighted by molar-refractivity contribution is -0.142. The van der Waals surface area contributed by atoms with E-state index in [4.69, 9.17) is 16.3 Å². The minimum Gasteiger partial charge on any atom is -0.483 e. The minimum atomic E-state index is -0.724. The summed E-state index contributed by atoms with van der Waals surface area (Å²) in [7, 11) is 0. The molecule has 1 atom stereocenters. The quantitative estimate of drug-likeness (QED) is 0.378. The van der Waals surface area contributed by atoms with E-state index in [1.807, 2.05) is 79.7 Å². The van der Waals surface area contributed by atoms with Gasteiger partial charge in [-0.05, 0) is 41.2 Å². The van der Waals surface area contributed by atoms with Gasteiger partial charge in [-0.3, -0.25) is 9.59 Å². The summed E-state index contributed by atoms with van der Waals surface area (Å²) in [4.78, 5) is 28.5. The predicted octanol–water partition coefficient (Wildman–Crippen LogP) is 5.79. The maximum atomic E-state index is 13.7. The van der Waals surface area contributed by atoms with Crippen LogP contribution in [0.2, 0.25) is 5.02 Å². The van der Waals surface area contributed by atoms with Crippen LogP contribution >= 0.6 is 11.6 Å². The topological polar surface area (TPSA) is 58.6 Å². The molecule has 36 heavy (non-hydrogen) atoms. The van der Waals surface area contributed by atoms with Crippen molar-refractivity contribution in [2.24, 2.45) is 0 Å². The number of likely N-dealkylation sites (N-methyl/N-ethyl adjacent to an activating group) is 1. The summed E-state index contributed by atoms with van der Waals surface area (Å²) < 4.78 is 6.06. The molecule has 3 aromatic carbocycles. The molecule has 0 aliphatic heterocycles. The van der Waals surface area contributed by atoms with E-state index in [9.17, 15) is 9.59 Å². The van der Waals surface area contributed by atoms with Gasteiger partial charge in [-0.1, -0.05) is 99.1 Å². The number of benzene rings is 3. The van der Waals surface area contributed by atoms with Gasteiger partial charge >= 0.3 is 0 Å². The van der Waals surface area contributed by atoms with Crippen LogP contribution in [-0.4, -0.2) is 35.9 Å². The normalized spacial score (nSPS) is 12.0. The number of carbonyl (C=O) groups is 2. The first-order valence-electron chi connectivity index (χ1n) is 12.3. The standard InChI is InChI=1S/C30H35ClN2O3/c1-5-32-29(35)26(19-22-13-7-6-8-14-22)33(20-23-15-9-11-17-25(23)31)28(34)21-36-27-18-12-10-16-24(27)30(2,3)4/h6-18,26H,5,19-21H2,1-4H3,(H,32,35)/t26-/m0/s1. The Morgan fingerprint density at radius 2 is 1.58 bits per heavy atom. The Balaban J connectivity index is 1.93. The summed E-state index contributed by atoms with van der Waals surface area (Å²) in [5.74, 6) is 0.163. The van der Waals surface area contributed by atoms with Gasteiger partial charge in [0.15, 0.2) is 6.61 Å². The zero-order valence-corrected chi connectivity index (χ0v) is 22.2. The first-order chi connectivity index (χ1) is 17.2. The lowest BCUT2D eigenvalue weighted by atomic mass is 9.86. The molecule has 0 unspecified atom stereocenters. The SMILES string of the molecule is CCNC(=O)[C@H](Cc1ccccc1)N(Cc1ccccc1Cl)C(=O)COc1ccccc1C(C)(C)C. The molecule has 0 aliphatic rings. The number of hydrogen-bond donors (Lipinski definition) is 1. The molecule has 2 amide bonds. The Labute approximate surface area is 219 Å². The second-order valence-electron chi connectivity index (χ2n) is 9.75. The highest BCUT2D eigenvalue weighted by molar-refractivity contribution is 6.31. The molecular formula is C30H35ClN2O3. The molecule has 0 aliphatic carbocycles. The van der Waals surface area contributed by atoms with E-state index in [-0.39, 0.29) is 30.4 Å². The minimum absolute atomic E-state index is 0.145. The first-order valence-corrected chi connectivity index (χ1v) is 12.6. The van der Waals surface area contributed by atoms with Gasteiger partial charge in [0.25, 0.3) is 5.91 Å². The highest BCUT2D eigenvalue weighted by Gasteiger charge is 2.31. The Hall–Kier alpha value is -3.31. The van der Waals surface area contributed by atoms with Crippen LogP contribution in [0.15, 0.2) is 78.9 Å². The molecule has 0 heterocycles. The smallest absolute Gasteiger partial charge is 0.261 e. The van der Waals surface area contributed by atoms with Crippen LogP contribution in [0.5, 0.6) is 5.75 Å². The van der Waals surface area contributed by atoms with Crippen molar-refractivity contribution >= 4 is 23.4 Å². The fourth-order valence-corrected chi connectivity index (χ4v) is 4.29. The molecule has 0 bridgehead atoms. The molecular weight excluding hydrogens is 472 g/mol. The van der Waals surface area contributed by atoms with Gasteiger partial charge in [0, 0.05) is 24.5 Å². The van der Waals surface area contributed by atoms with Crippen LogP contribution in [-0.2, 0) is 28.0 Å². The van der Waals surface area contributed by atoms with E-state index in [2.05, 4.69) is 26.1 Å². The Morgan fingerprint density at radius 3 is 2.25 bits per heavy atom. The van der Waals surface area contributed by atoms with Crippen molar-refractivity contribution in [2.45, 2.75) is 52.1 Å². The van der Waals surface area contributed by atoms with Crippen LogP contribution in [0.4, 0.5) is 0 Å². The largest absolute Gasteiger partial charge is 0.483 e. The number of carbonyl (C=O) groups excluding carboxylic acids is 2. The van der Waals surface area contributed by atoms with E-state index in [1.54, 1.807) is 11.0 Å². The second-order valence-corrected chi connectivity index (χ2v) is 10.2. The fourth-order valence-electron chi connectivity index (χ4n) is 4.09. The van der Waals surface area contributed by atoms with Crippen molar-refractivity contribution in [1.29, 1.82) is 0 Å². The van der Waals surface area contributed by atoms with E-state index in [0.717, 1.165) is 16.7 Å². The predicted molar refractivity (Wildman–Crippen MR) is 145 cm³/mol. The molecule has 0 radical (unpaired) electrons. The molecule has 0 aromatic heterocycles. The Bertz CT molecular complexity index is 1160. The Morgan fingerprint density at radius 1 is 0.944 bits per heavy atom. The van der Waals surface area contributed by atoms with Crippen LogP contribution in [0.25, 0.3) is 0 Å². The van der Waals surface area contributed by atoms with Crippen LogP contribution in [0.1, 0.15) is 44.4 Å². The van der Waals surface area contributed by atoms with E-state index in [0.29, 0.717) is 23.7 Å². The molecule has 0 fully saturated rings. The van der Waals surface area contributed by atoms with Crippen LogP contribution in [0.3, 0.4) is 0 Å². The number of ether oxygens (including phenoxy) is 1. The number of nitrogens with zero attached hydrogens (tertiary/aromatic N) is 1. The van der Waals surface area contributed by atoms with Gasteiger partial charge in [0.1, 0.15) is 11.8 Å². The summed E-state index contributed by atoms with van der Waals surface area (Å²) in [6, 6.07) is 24.1. The third-order valence-corrected chi connectivity index (χ3v) is 6.34. The maximum Gasteiger partial charge on any atom is 0.261 e. The van der Waals surface area contributed by atoms with Gasteiger partial charge in [0.2, 0.25) is 5.91 Å². The van der Waals surface area contributed by atoms with Gasteiger partial charge in [-0.15, -0.1) is 0 Å². The van der Waals surface area contributed by atoms with Crippen molar-refractivity contribution in [2.75, 3.05) is 13.2 Å². The van der Waals surface area contributed by atoms with E-state index < -0.39 is 6.04 Å². The maximum absolute atomic E-state index is 13.7. The average Bonchev–Trinajstić information content (AvgIpc) is 2.86. The molecule has 0 saturated heterocycles. The van der Waals surface area contributed by atoms with Gasteiger partial charge in [-0.2, -0.15) is 0 Å². The highest BCUT2D eigenvalue weighted by atomic mass is 35.5. The third-order valence-electron chi connectivity index (χ3n) is 5.97. The molecule has 190 valence electrons.